The van der Waals surface area contributed by atoms with E-state index in [1.54, 1.807) is 0 Å². The number of carbonyl (C=O) groups is 1. The Bertz CT molecular complexity index is 667. The maximum atomic E-state index is 11.9. The van der Waals surface area contributed by atoms with Crippen molar-refractivity contribution < 1.29 is 4.79 Å². The zero-order chi connectivity index (χ0) is 14.7. The van der Waals surface area contributed by atoms with Crippen molar-refractivity contribution in [1.82, 2.24) is 0 Å². The first-order valence-corrected chi connectivity index (χ1v) is 7.34. The minimum absolute atomic E-state index is 0.224. The fourth-order valence-electron chi connectivity index (χ4n) is 3.26. The Hall–Kier alpha value is -2.40. The zero-order valence-electron chi connectivity index (χ0n) is 11.8. The lowest BCUT2D eigenvalue weighted by atomic mass is 9.72. The minimum Gasteiger partial charge on any atom is -0.300 e. The number of carbonyl (C=O) groups excluding carboxylic acids is 1. The highest BCUT2D eigenvalue weighted by Gasteiger charge is 2.31. The summed E-state index contributed by atoms with van der Waals surface area (Å²) in [6.07, 6.45) is 2.19. The molecule has 3 rings (SSSR count). The van der Waals surface area contributed by atoms with E-state index in [1.165, 1.54) is 5.56 Å². The molecular weight excluding hydrogens is 258 g/mol. The molecule has 0 amide bonds. The standard InChI is InChI=1S/C19H17NO/c20-13-14-6-8-16(9-7-14)19-12-17(21)10-11-18(19)15-4-2-1-3-5-15/h1-9,18-19H,10-12H2/t18-,19-/m0/s1. The van der Waals surface area contributed by atoms with Crippen LogP contribution in [0.4, 0.5) is 0 Å². The topological polar surface area (TPSA) is 40.9 Å². The summed E-state index contributed by atoms with van der Waals surface area (Å²) in [5.74, 6) is 0.953. The van der Waals surface area contributed by atoms with Gasteiger partial charge in [0.2, 0.25) is 0 Å². The van der Waals surface area contributed by atoms with Crippen LogP contribution in [0.3, 0.4) is 0 Å². The molecule has 0 heterocycles. The summed E-state index contributed by atoms with van der Waals surface area (Å²) in [6, 6.07) is 20.3. The van der Waals surface area contributed by atoms with Crippen molar-refractivity contribution in [2.45, 2.75) is 31.1 Å². The van der Waals surface area contributed by atoms with Gasteiger partial charge < -0.3 is 0 Å². The molecule has 2 atom stereocenters. The van der Waals surface area contributed by atoms with Gasteiger partial charge in [-0.15, -0.1) is 0 Å². The van der Waals surface area contributed by atoms with Crippen LogP contribution in [0.15, 0.2) is 54.6 Å². The molecule has 0 aliphatic heterocycles. The van der Waals surface area contributed by atoms with Crippen molar-refractivity contribution in [2.24, 2.45) is 0 Å². The highest BCUT2D eigenvalue weighted by molar-refractivity contribution is 5.80. The van der Waals surface area contributed by atoms with E-state index in [9.17, 15) is 4.79 Å². The first kappa shape index (κ1) is 13.6. The summed E-state index contributed by atoms with van der Waals surface area (Å²) >= 11 is 0. The van der Waals surface area contributed by atoms with Crippen LogP contribution in [-0.2, 0) is 4.79 Å². The van der Waals surface area contributed by atoms with E-state index in [-0.39, 0.29) is 5.92 Å². The Kier molecular flexibility index (Phi) is 3.83. The molecule has 0 saturated heterocycles. The Balaban J connectivity index is 1.94. The monoisotopic (exact) mass is 275 g/mol. The van der Waals surface area contributed by atoms with E-state index in [0.717, 1.165) is 12.0 Å². The molecule has 0 N–H and O–H groups in total. The number of hydrogen-bond donors (Lipinski definition) is 0. The maximum Gasteiger partial charge on any atom is 0.133 e. The number of hydrogen-bond acceptors (Lipinski definition) is 2. The van der Waals surface area contributed by atoms with E-state index in [4.69, 9.17) is 5.26 Å². The molecule has 1 saturated carbocycles. The average molecular weight is 275 g/mol. The van der Waals surface area contributed by atoms with Gasteiger partial charge in [0, 0.05) is 12.8 Å². The van der Waals surface area contributed by atoms with Gasteiger partial charge in [0.25, 0.3) is 0 Å². The van der Waals surface area contributed by atoms with Crippen LogP contribution >= 0.6 is 0 Å². The summed E-state index contributed by atoms with van der Waals surface area (Å²) < 4.78 is 0. The van der Waals surface area contributed by atoms with Gasteiger partial charge in [-0.3, -0.25) is 4.79 Å². The molecule has 1 aliphatic rings. The van der Waals surface area contributed by atoms with Crippen LogP contribution in [0.2, 0.25) is 0 Å². The van der Waals surface area contributed by atoms with Gasteiger partial charge in [-0.25, -0.2) is 0 Å². The van der Waals surface area contributed by atoms with E-state index < -0.39 is 0 Å². The number of ketones is 1. The first-order chi connectivity index (χ1) is 10.3. The second kappa shape index (κ2) is 5.93. The molecule has 0 aromatic heterocycles. The van der Waals surface area contributed by atoms with Crippen molar-refractivity contribution >= 4 is 5.78 Å². The fraction of sp³-hybridized carbons (Fsp3) is 0.263. The summed E-state index contributed by atoms with van der Waals surface area (Å²) in [4.78, 5) is 11.9. The van der Waals surface area contributed by atoms with Crippen LogP contribution in [0.1, 0.15) is 47.8 Å². The predicted molar refractivity (Wildman–Crippen MR) is 81.9 cm³/mol. The van der Waals surface area contributed by atoms with Crippen LogP contribution in [0.25, 0.3) is 0 Å². The van der Waals surface area contributed by atoms with E-state index in [2.05, 4.69) is 30.3 Å². The average Bonchev–Trinajstić information content (AvgIpc) is 2.56. The highest BCUT2D eigenvalue weighted by Crippen LogP contribution is 2.42. The second-order valence-corrected chi connectivity index (χ2v) is 5.64. The highest BCUT2D eigenvalue weighted by atomic mass is 16.1. The van der Waals surface area contributed by atoms with Crippen molar-refractivity contribution in [3.05, 3.63) is 71.3 Å². The van der Waals surface area contributed by atoms with Crippen molar-refractivity contribution in [1.29, 1.82) is 5.26 Å². The third-order valence-electron chi connectivity index (χ3n) is 4.36. The van der Waals surface area contributed by atoms with Gasteiger partial charge in [-0.2, -0.15) is 5.26 Å². The molecule has 0 bridgehead atoms. The number of rotatable bonds is 2. The molecule has 0 spiro atoms. The predicted octanol–water partition coefficient (Wildman–Crippen LogP) is 4.18. The molecule has 1 aliphatic carbocycles. The lowest BCUT2D eigenvalue weighted by Crippen LogP contribution is -2.22. The van der Waals surface area contributed by atoms with Crippen LogP contribution in [0, 0.1) is 11.3 Å². The van der Waals surface area contributed by atoms with Gasteiger partial charge in [-0.1, -0.05) is 42.5 Å². The lowest BCUT2D eigenvalue weighted by Gasteiger charge is -2.31. The van der Waals surface area contributed by atoms with Gasteiger partial charge in [-0.05, 0) is 41.5 Å². The van der Waals surface area contributed by atoms with Crippen LogP contribution in [0.5, 0.6) is 0 Å². The molecule has 2 nitrogen and oxygen atoms in total. The number of benzene rings is 2. The third-order valence-corrected chi connectivity index (χ3v) is 4.36. The molecule has 104 valence electrons. The zero-order valence-corrected chi connectivity index (χ0v) is 11.8. The van der Waals surface area contributed by atoms with Gasteiger partial charge in [0.05, 0.1) is 11.6 Å². The first-order valence-electron chi connectivity index (χ1n) is 7.34. The Morgan fingerprint density at radius 3 is 2.24 bits per heavy atom. The van der Waals surface area contributed by atoms with Crippen molar-refractivity contribution in [3.63, 3.8) is 0 Å². The summed E-state index contributed by atoms with van der Waals surface area (Å²) in [7, 11) is 0. The normalized spacial score (nSPS) is 21.8. The summed E-state index contributed by atoms with van der Waals surface area (Å²) in [5, 5.41) is 8.91. The van der Waals surface area contributed by atoms with Crippen LogP contribution < -0.4 is 0 Å². The van der Waals surface area contributed by atoms with E-state index in [1.807, 2.05) is 30.3 Å². The molecule has 2 heteroatoms. The van der Waals surface area contributed by atoms with Gasteiger partial charge in [0.1, 0.15) is 5.78 Å². The van der Waals surface area contributed by atoms with Gasteiger partial charge >= 0.3 is 0 Å². The number of nitrogens with zero attached hydrogens (tertiary/aromatic N) is 1. The smallest absolute Gasteiger partial charge is 0.133 e. The summed E-state index contributed by atoms with van der Waals surface area (Å²) in [6.45, 7) is 0. The molecule has 1 fully saturated rings. The number of nitriles is 1. The molecule has 21 heavy (non-hydrogen) atoms. The van der Waals surface area contributed by atoms with E-state index >= 15 is 0 Å². The van der Waals surface area contributed by atoms with Crippen molar-refractivity contribution in [2.75, 3.05) is 0 Å². The lowest BCUT2D eigenvalue weighted by molar-refractivity contribution is -0.121. The molecule has 0 unspecified atom stereocenters. The fourth-order valence-corrected chi connectivity index (χ4v) is 3.26. The third kappa shape index (κ3) is 2.87. The largest absolute Gasteiger partial charge is 0.300 e. The Labute approximate surface area is 125 Å². The second-order valence-electron chi connectivity index (χ2n) is 5.64. The maximum absolute atomic E-state index is 11.9. The van der Waals surface area contributed by atoms with Crippen LogP contribution in [-0.4, -0.2) is 5.78 Å². The van der Waals surface area contributed by atoms with E-state index in [0.29, 0.717) is 30.1 Å². The molecular formula is C19H17NO. The molecule has 0 radical (unpaired) electrons. The Morgan fingerprint density at radius 1 is 0.905 bits per heavy atom. The number of Topliss-reactive ketones (excluding diaryl/α,β-unsaturated/α-hetero) is 1. The SMILES string of the molecule is N#Cc1ccc([C@@H]2CC(=O)CC[C@H]2c2ccccc2)cc1. The molecule has 2 aromatic rings. The minimum atomic E-state index is 0.224. The quantitative estimate of drug-likeness (QED) is 0.825. The van der Waals surface area contributed by atoms with Gasteiger partial charge in [0.15, 0.2) is 0 Å². The van der Waals surface area contributed by atoms with Crippen molar-refractivity contribution in [3.8, 4) is 6.07 Å². The Morgan fingerprint density at radius 2 is 1.57 bits per heavy atom. The molecule has 2 aromatic carbocycles. The summed E-state index contributed by atoms with van der Waals surface area (Å²) in [5.41, 5.74) is 3.13.